The molecule has 1 aliphatic carbocycles. The zero-order valence-electron chi connectivity index (χ0n) is 8.74. The van der Waals surface area contributed by atoms with Crippen LogP contribution in [0.1, 0.15) is 50.1 Å². The number of rotatable bonds is 0. The highest BCUT2D eigenvalue weighted by Crippen LogP contribution is 2.46. The van der Waals surface area contributed by atoms with Gasteiger partial charge >= 0.3 is 0 Å². The summed E-state index contributed by atoms with van der Waals surface area (Å²) in [5, 5.41) is 0. The normalized spacial score (nSPS) is 38.8. The molecule has 0 saturated carbocycles. The van der Waals surface area contributed by atoms with Gasteiger partial charge < -0.3 is 0 Å². The Kier molecular flexibility index (Phi) is 2.18. The highest BCUT2D eigenvalue weighted by molar-refractivity contribution is 7.09. The fraction of sp³-hybridized carbons (Fsp3) is 0.727. The van der Waals surface area contributed by atoms with Crippen LogP contribution in [-0.2, 0) is 0 Å². The molecule has 1 aromatic rings. The van der Waals surface area contributed by atoms with E-state index in [1.54, 1.807) is 0 Å². The van der Waals surface area contributed by atoms with Crippen molar-refractivity contribution in [1.29, 1.82) is 0 Å². The Bertz CT molecular complexity index is 276. The quantitative estimate of drug-likeness (QED) is 0.616. The fourth-order valence-electron chi connectivity index (χ4n) is 2.34. The summed E-state index contributed by atoms with van der Waals surface area (Å²) >= 11 is 1.83. The van der Waals surface area contributed by atoms with Crippen LogP contribution in [0.5, 0.6) is 0 Å². The van der Waals surface area contributed by atoms with Crippen LogP contribution in [-0.4, -0.2) is 4.98 Å². The van der Waals surface area contributed by atoms with Crippen molar-refractivity contribution >= 4 is 11.3 Å². The molecule has 1 aliphatic rings. The van der Waals surface area contributed by atoms with Gasteiger partial charge in [-0.3, -0.25) is 0 Å². The summed E-state index contributed by atoms with van der Waals surface area (Å²) in [6, 6.07) is 0. The number of fused-ring (bicyclic) bond motifs is 1. The third kappa shape index (κ3) is 1.23. The van der Waals surface area contributed by atoms with Crippen LogP contribution in [0.15, 0.2) is 5.51 Å². The van der Waals surface area contributed by atoms with Gasteiger partial charge in [-0.25, -0.2) is 4.98 Å². The van der Waals surface area contributed by atoms with E-state index in [1.807, 2.05) is 16.8 Å². The molecule has 0 aliphatic heterocycles. The second-order valence-corrected chi connectivity index (χ2v) is 5.28. The van der Waals surface area contributed by atoms with Gasteiger partial charge in [0.1, 0.15) is 0 Å². The van der Waals surface area contributed by atoms with Gasteiger partial charge in [-0.2, -0.15) is 0 Å². The standard InChI is InChI=1S/C11H17NS/c1-6-7(2)9(4)11-10(8(6)3)12-5-13-11/h5-9H,1-4H3. The molecule has 4 unspecified atom stereocenters. The summed E-state index contributed by atoms with van der Waals surface area (Å²) < 4.78 is 0. The molecule has 13 heavy (non-hydrogen) atoms. The lowest BCUT2D eigenvalue weighted by Gasteiger charge is -2.35. The SMILES string of the molecule is CC1c2ncsc2C(C)C(C)C1C. The van der Waals surface area contributed by atoms with E-state index in [4.69, 9.17) is 0 Å². The largest absolute Gasteiger partial charge is 0.249 e. The van der Waals surface area contributed by atoms with E-state index in [9.17, 15) is 0 Å². The molecule has 0 N–H and O–H groups in total. The van der Waals surface area contributed by atoms with Gasteiger partial charge in [-0.05, 0) is 17.8 Å². The minimum Gasteiger partial charge on any atom is -0.249 e. The lowest BCUT2D eigenvalue weighted by molar-refractivity contribution is 0.273. The third-order valence-electron chi connectivity index (χ3n) is 3.88. The highest BCUT2D eigenvalue weighted by Gasteiger charge is 2.35. The van der Waals surface area contributed by atoms with Gasteiger partial charge in [0.15, 0.2) is 0 Å². The van der Waals surface area contributed by atoms with Crippen molar-refractivity contribution in [2.45, 2.75) is 39.5 Å². The van der Waals surface area contributed by atoms with E-state index in [1.165, 1.54) is 10.6 Å². The molecule has 0 fully saturated rings. The van der Waals surface area contributed by atoms with Crippen LogP contribution >= 0.6 is 11.3 Å². The van der Waals surface area contributed by atoms with Crippen LogP contribution in [0.4, 0.5) is 0 Å². The summed E-state index contributed by atoms with van der Waals surface area (Å²) in [4.78, 5) is 6.02. The maximum absolute atomic E-state index is 4.49. The predicted molar refractivity (Wildman–Crippen MR) is 57.3 cm³/mol. The minimum atomic E-state index is 0.646. The Hall–Kier alpha value is -0.370. The van der Waals surface area contributed by atoms with Crippen molar-refractivity contribution in [2.75, 3.05) is 0 Å². The Labute approximate surface area is 84.2 Å². The molecular weight excluding hydrogens is 178 g/mol. The second-order valence-electron chi connectivity index (χ2n) is 4.40. The summed E-state index contributed by atoms with van der Waals surface area (Å²) in [7, 11) is 0. The molecule has 2 rings (SSSR count). The van der Waals surface area contributed by atoms with Crippen molar-refractivity contribution in [3.63, 3.8) is 0 Å². The molecule has 0 radical (unpaired) electrons. The number of hydrogen-bond donors (Lipinski definition) is 0. The molecule has 2 heteroatoms. The van der Waals surface area contributed by atoms with Gasteiger partial charge in [-0.15, -0.1) is 11.3 Å². The Morgan fingerprint density at radius 1 is 1.08 bits per heavy atom. The minimum absolute atomic E-state index is 0.646. The van der Waals surface area contributed by atoms with Crippen LogP contribution in [0.3, 0.4) is 0 Å². The van der Waals surface area contributed by atoms with Crippen LogP contribution < -0.4 is 0 Å². The lowest BCUT2D eigenvalue weighted by atomic mass is 9.71. The van der Waals surface area contributed by atoms with E-state index in [2.05, 4.69) is 32.7 Å². The molecule has 4 atom stereocenters. The molecule has 0 amide bonds. The number of nitrogens with zero attached hydrogens (tertiary/aromatic N) is 1. The Morgan fingerprint density at radius 3 is 2.38 bits per heavy atom. The van der Waals surface area contributed by atoms with E-state index < -0.39 is 0 Å². The fourth-order valence-corrected chi connectivity index (χ4v) is 3.41. The van der Waals surface area contributed by atoms with E-state index in [0.717, 1.165) is 11.8 Å². The molecule has 0 aromatic carbocycles. The van der Waals surface area contributed by atoms with Gasteiger partial charge in [0.2, 0.25) is 0 Å². The summed E-state index contributed by atoms with van der Waals surface area (Å²) in [5.41, 5.74) is 3.37. The molecule has 0 spiro atoms. The first-order valence-electron chi connectivity index (χ1n) is 5.06. The van der Waals surface area contributed by atoms with Crippen molar-refractivity contribution in [3.05, 3.63) is 16.1 Å². The average molecular weight is 195 g/mol. The Morgan fingerprint density at radius 2 is 1.69 bits per heavy atom. The van der Waals surface area contributed by atoms with Crippen molar-refractivity contribution < 1.29 is 0 Å². The summed E-state index contributed by atoms with van der Waals surface area (Å²) in [6.45, 7) is 9.37. The van der Waals surface area contributed by atoms with Gasteiger partial charge in [0.05, 0.1) is 11.2 Å². The molecule has 1 nitrogen and oxygen atoms in total. The molecule has 0 bridgehead atoms. The zero-order chi connectivity index (χ0) is 9.59. The first-order chi connectivity index (χ1) is 6.13. The van der Waals surface area contributed by atoms with Gasteiger partial charge in [0.25, 0.3) is 0 Å². The van der Waals surface area contributed by atoms with Crippen LogP contribution in [0.25, 0.3) is 0 Å². The van der Waals surface area contributed by atoms with Gasteiger partial charge in [-0.1, -0.05) is 27.7 Å². The van der Waals surface area contributed by atoms with E-state index in [0.29, 0.717) is 11.8 Å². The lowest BCUT2D eigenvalue weighted by Crippen LogP contribution is -2.26. The van der Waals surface area contributed by atoms with E-state index in [-0.39, 0.29) is 0 Å². The number of thiazole rings is 1. The third-order valence-corrected chi connectivity index (χ3v) is 4.92. The molecule has 72 valence electrons. The van der Waals surface area contributed by atoms with Crippen molar-refractivity contribution in [1.82, 2.24) is 4.98 Å². The molecule has 0 saturated heterocycles. The highest BCUT2D eigenvalue weighted by atomic mass is 32.1. The maximum atomic E-state index is 4.49. The number of hydrogen-bond acceptors (Lipinski definition) is 2. The maximum Gasteiger partial charge on any atom is 0.0797 e. The second kappa shape index (κ2) is 3.09. The van der Waals surface area contributed by atoms with Crippen molar-refractivity contribution in [3.8, 4) is 0 Å². The number of aromatic nitrogens is 1. The average Bonchev–Trinajstić information content (AvgIpc) is 2.59. The first kappa shape index (κ1) is 9.20. The molecule has 1 heterocycles. The summed E-state index contributed by atoms with van der Waals surface area (Å²) in [5.74, 6) is 2.91. The zero-order valence-corrected chi connectivity index (χ0v) is 9.56. The predicted octanol–water partition coefficient (Wildman–Crippen LogP) is 3.64. The topological polar surface area (TPSA) is 12.9 Å². The van der Waals surface area contributed by atoms with Gasteiger partial charge in [0, 0.05) is 10.8 Å². The molecular formula is C11H17NS. The monoisotopic (exact) mass is 195 g/mol. The summed E-state index contributed by atoms with van der Waals surface area (Å²) in [6.07, 6.45) is 0. The van der Waals surface area contributed by atoms with Crippen LogP contribution in [0, 0.1) is 11.8 Å². The molecule has 1 aromatic heterocycles. The van der Waals surface area contributed by atoms with E-state index >= 15 is 0 Å². The first-order valence-corrected chi connectivity index (χ1v) is 5.94. The van der Waals surface area contributed by atoms with Crippen molar-refractivity contribution in [2.24, 2.45) is 11.8 Å². The Balaban J connectivity index is 2.46. The smallest absolute Gasteiger partial charge is 0.0797 e. The van der Waals surface area contributed by atoms with Crippen LogP contribution in [0.2, 0.25) is 0 Å².